The van der Waals surface area contributed by atoms with Crippen LogP contribution in [0.3, 0.4) is 0 Å². The second-order valence-corrected chi connectivity index (χ2v) is 7.76. The molecule has 1 N–H and O–H groups in total. The van der Waals surface area contributed by atoms with Gasteiger partial charge in [-0.15, -0.1) is 0 Å². The first-order chi connectivity index (χ1) is 9.07. The standard InChI is InChI=1S/C13H27N3O2S/c1-3-12-4-9-16(11-12)19(17,18)15-7-5-13(6-8-15)10-14-2/h12-14H,3-11H2,1-2H3. The summed E-state index contributed by atoms with van der Waals surface area (Å²) in [6.07, 6.45) is 4.05. The molecule has 2 saturated heterocycles. The Labute approximate surface area is 117 Å². The molecule has 2 aliphatic heterocycles. The summed E-state index contributed by atoms with van der Waals surface area (Å²) in [5.41, 5.74) is 0. The van der Waals surface area contributed by atoms with E-state index in [9.17, 15) is 8.42 Å². The Morgan fingerprint density at radius 2 is 1.63 bits per heavy atom. The van der Waals surface area contributed by atoms with E-state index < -0.39 is 10.2 Å². The average Bonchev–Trinajstić information content (AvgIpc) is 2.89. The minimum atomic E-state index is -3.20. The van der Waals surface area contributed by atoms with E-state index in [1.54, 1.807) is 8.61 Å². The van der Waals surface area contributed by atoms with Gasteiger partial charge in [-0.05, 0) is 44.7 Å². The molecule has 0 aromatic heterocycles. The summed E-state index contributed by atoms with van der Waals surface area (Å²) in [7, 11) is -1.24. The number of nitrogens with zero attached hydrogens (tertiary/aromatic N) is 2. The number of hydrogen-bond donors (Lipinski definition) is 1. The van der Waals surface area contributed by atoms with Gasteiger partial charge in [-0.3, -0.25) is 0 Å². The topological polar surface area (TPSA) is 52.7 Å². The Hall–Kier alpha value is -0.170. The smallest absolute Gasteiger partial charge is 0.281 e. The van der Waals surface area contributed by atoms with Crippen molar-refractivity contribution in [3.63, 3.8) is 0 Å². The lowest BCUT2D eigenvalue weighted by atomic mass is 9.98. The van der Waals surface area contributed by atoms with Crippen molar-refractivity contribution in [2.45, 2.75) is 32.6 Å². The molecule has 19 heavy (non-hydrogen) atoms. The van der Waals surface area contributed by atoms with Crippen molar-refractivity contribution in [3.05, 3.63) is 0 Å². The van der Waals surface area contributed by atoms with Crippen LogP contribution in [0.1, 0.15) is 32.6 Å². The third kappa shape index (κ3) is 3.48. The van der Waals surface area contributed by atoms with Gasteiger partial charge in [0.25, 0.3) is 10.2 Å². The van der Waals surface area contributed by atoms with Gasteiger partial charge in [-0.2, -0.15) is 17.0 Å². The first-order valence-electron chi connectivity index (χ1n) is 7.47. The predicted octanol–water partition coefficient (Wildman–Crippen LogP) is 0.895. The molecule has 0 aromatic carbocycles. The molecule has 1 unspecified atom stereocenters. The molecule has 0 radical (unpaired) electrons. The second kappa shape index (κ2) is 6.52. The summed E-state index contributed by atoms with van der Waals surface area (Å²) in [6, 6.07) is 0. The molecule has 2 fully saturated rings. The van der Waals surface area contributed by atoms with Crippen molar-refractivity contribution >= 4 is 10.2 Å². The van der Waals surface area contributed by atoms with Gasteiger partial charge in [-0.1, -0.05) is 13.3 Å². The number of nitrogens with one attached hydrogen (secondary N) is 1. The lowest BCUT2D eigenvalue weighted by Crippen LogP contribution is -2.47. The van der Waals surface area contributed by atoms with Crippen LogP contribution in [0.5, 0.6) is 0 Å². The van der Waals surface area contributed by atoms with Crippen molar-refractivity contribution in [1.82, 2.24) is 13.9 Å². The molecule has 0 spiro atoms. The van der Waals surface area contributed by atoms with Crippen LogP contribution in [0.2, 0.25) is 0 Å². The Bertz CT molecular complexity index is 377. The van der Waals surface area contributed by atoms with E-state index in [1.165, 1.54) is 0 Å². The van der Waals surface area contributed by atoms with Crippen molar-refractivity contribution in [2.75, 3.05) is 39.8 Å². The molecule has 5 nitrogen and oxygen atoms in total. The largest absolute Gasteiger partial charge is 0.319 e. The lowest BCUT2D eigenvalue weighted by molar-refractivity contribution is 0.255. The zero-order chi connectivity index (χ0) is 13.9. The van der Waals surface area contributed by atoms with Crippen LogP contribution in [0.25, 0.3) is 0 Å². The monoisotopic (exact) mass is 289 g/mol. The maximum Gasteiger partial charge on any atom is 0.281 e. The van der Waals surface area contributed by atoms with E-state index in [0.29, 0.717) is 31.5 Å². The van der Waals surface area contributed by atoms with Crippen molar-refractivity contribution in [2.24, 2.45) is 11.8 Å². The molecule has 0 aromatic rings. The minimum Gasteiger partial charge on any atom is -0.319 e. The van der Waals surface area contributed by atoms with Crippen molar-refractivity contribution in [3.8, 4) is 0 Å². The molecular formula is C13H27N3O2S. The fraction of sp³-hybridized carbons (Fsp3) is 1.00. The molecule has 112 valence electrons. The van der Waals surface area contributed by atoms with E-state index in [4.69, 9.17) is 0 Å². The molecule has 2 heterocycles. The molecule has 0 aliphatic carbocycles. The van der Waals surface area contributed by atoms with Crippen molar-refractivity contribution < 1.29 is 8.42 Å². The molecule has 0 bridgehead atoms. The van der Waals surface area contributed by atoms with Crippen molar-refractivity contribution in [1.29, 1.82) is 0 Å². The average molecular weight is 289 g/mol. The van der Waals surface area contributed by atoms with Gasteiger partial charge in [0.15, 0.2) is 0 Å². The minimum absolute atomic E-state index is 0.552. The van der Waals surface area contributed by atoms with Gasteiger partial charge >= 0.3 is 0 Å². The highest BCUT2D eigenvalue weighted by Gasteiger charge is 2.36. The zero-order valence-electron chi connectivity index (χ0n) is 12.1. The summed E-state index contributed by atoms with van der Waals surface area (Å²) in [5.74, 6) is 1.18. The molecule has 1 atom stereocenters. The fourth-order valence-electron chi connectivity index (χ4n) is 3.14. The molecule has 6 heteroatoms. The zero-order valence-corrected chi connectivity index (χ0v) is 13.0. The molecule has 2 aliphatic rings. The highest BCUT2D eigenvalue weighted by Crippen LogP contribution is 2.26. The quantitative estimate of drug-likeness (QED) is 0.818. The van der Waals surface area contributed by atoms with E-state index >= 15 is 0 Å². The van der Waals surface area contributed by atoms with E-state index in [1.807, 2.05) is 7.05 Å². The first-order valence-corrected chi connectivity index (χ1v) is 8.87. The third-order valence-electron chi connectivity index (χ3n) is 4.54. The Morgan fingerprint density at radius 1 is 1.05 bits per heavy atom. The molecular weight excluding hydrogens is 262 g/mol. The number of rotatable bonds is 5. The van der Waals surface area contributed by atoms with E-state index in [0.717, 1.165) is 38.8 Å². The fourth-order valence-corrected chi connectivity index (χ4v) is 4.87. The molecule has 0 amide bonds. The summed E-state index contributed by atoms with van der Waals surface area (Å²) < 4.78 is 28.5. The summed E-state index contributed by atoms with van der Waals surface area (Å²) in [4.78, 5) is 0. The van der Waals surface area contributed by atoms with Gasteiger partial charge < -0.3 is 5.32 Å². The lowest BCUT2D eigenvalue weighted by Gasteiger charge is -2.33. The first kappa shape index (κ1) is 15.2. The third-order valence-corrected chi connectivity index (χ3v) is 6.55. The molecule has 0 saturated carbocycles. The van der Waals surface area contributed by atoms with Crippen LogP contribution in [0.15, 0.2) is 0 Å². The maximum atomic E-state index is 12.6. The normalized spacial score (nSPS) is 28.0. The van der Waals surface area contributed by atoms with Crippen LogP contribution in [-0.2, 0) is 10.2 Å². The number of hydrogen-bond acceptors (Lipinski definition) is 3. The van der Waals surface area contributed by atoms with E-state index in [-0.39, 0.29) is 0 Å². The predicted molar refractivity (Wildman–Crippen MR) is 77.1 cm³/mol. The van der Waals surface area contributed by atoms with Crippen LogP contribution in [0.4, 0.5) is 0 Å². The van der Waals surface area contributed by atoms with Crippen LogP contribution in [0, 0.1) is 11.8 Å². The van der Waals surface area contributed by atoms with Crippen LogP contribution < -0.4 is 5.32 Å². The second-order valence-electron chi connectivity index (χ2n) is 5.83. The van der Waals surface area contributed by atoms with Crippen LogP contribution >= 0.6 is 0 Å². The molecule has 2 rings (SSSR count). The highest BCUT2D eigenvalue weighted by molar-refractivity contribution is 7.86. The van der Waals surface area contributed by atoms with Gasteiger partial charge in [0.2, 0.25) is 0 Å². The van der Waals surface area contributed by atoms with Crippen LogP contribution in [-0.4, -0.2) is 56.8 Å². The van der Waals surface area contributed by atoms with Gasteiger partial charge in [-0.25, -0.2) is 0 Å². The van der Waals surface area contributed by atoms with Gasteiger partial charge in [0.1, 0.15) is 0 Å². The maximum absolute atomic E-state index is 12.6. The highest BCUT2D eigenvalue weighted by atomic mass is 32.2. The van der Waals surface area contributed by atoms with E-state index in [2.05, 4.69) is 12.2 Å². The number of piperidine rings is 1. The summed E-state index contributed by atoms with van der Waals surface area (Å²) >= 11 is 0. The summed E-state index contributed by atoms with van der Waals surface area (Å²) in [6.45, 7) is 5.93. The Morgan fingerprint density at radius 3 is 2.16 bits per heavy atom. The Balaban J connectivity index is 1.91. The SMILES string of the molecule is CCC1CCN(S(=O)(=O)N2CCC(CNC)CC2)C1. The summed E-state index contributed by atoms with van der Waals surface area (Å²) in [5, 5.41) is 3.18. The Kier molecular flexibility index (Phi) is 5.22. The van der Waals surface area contributed by atoms with Gasteiger partial charge in [0.05, 0.1) is 0 Å². The van der Waals surface area contributed by atoms with Gasteiger partial charge in [0, 0.05) is 26.2 Å².